The third-order valence-corrected chi connectivity index (χ3v) is 3.94. The van der Waals surface area contributed by atoms with Crippen LogP contribution in [0.4, 0.5) is 4.79 Å². The van der Waals surface area contributed by atoms with Crippen LogP contribution in [0.25, 0.3) is 0 Å². The molecule has 0 aromatic carbocycles. The van der Waals surface area contributed by atoms with Crippen molar-refractivity contribution in [3.63, 3.8) is 0 Å². The number of rotatable bonds is 1. The summed E-state index contributed by atoms with van der Waals surface area (Å²) in [5, 5.41) is 3.05. The van der Waals surface area contributed by atoms with Crippen molar-refractivity contribution in [3.05, 3.63) is 0 Å². The van der Waals surface area contributed by atoms with Crippen LogP contribution in [0, 0.1) is 5.92 Å². The van der Waals surface area contributed by atoms with Crippen LogP contribution in [-0.2, 0) is 4.79 Å². The monoisotopic (exact) mass is 215 g/mol. The van der Waals surface area contributed by atoms with E-state index in [4.69, 9.17) is 5.73 Å². The molecule has 1 saturated heterocycles. The predicted molar refractivity (Wildman–Crippen MR) is 53.4 cm³/mol. The van der Waals surface area contributed by atoms with Crippen molar-refractivity contribution in [2.45, 2.75) is 30.6 Å². The maximum absolute atomic E-state index is 11.2. The number of carbonyl (C=O) groups excluding carboxylic acids is 2. The van der Waals surface area contributed by atoms with E-state index in [-0.39, 0.29) is 29.1 Å². The first-order chi connectivity index (χ1) is 6.68. The highest BCUT2D eigenvalue weighted by Crippen LogP contribution is 2.33. The first kappa shape index (κ1) is 9.64. The van der Waals surface area contributed by atoms with Gasteiger partial charge in [0.25, 0.3) is 0 Å². The average Bonchev–Trinajstić information content (AvgIpc) is 2.16. The van der Waals surface area contributed by atoms with Gasteiger partial charge in [-0.3, -0.25) is 9.52 Å². The Morgan fingerprint density at radius 2 is 2.29 bits per heavy atom. The summed E-state index contributed by atoms with van der Waals surface area (Å²) in [5.74, 6) is -0.505. The third-order valence-electron chi connectivity index (χ3n) is 2.80. The number of nitrogens with two attached hydrogens (primary N) is 1. The van der Waals surface area contributed by atoms with E-state index >= 15 is 0 Å². The minimum atomic E-state index is -0.303. The molecule has 3 atom stereocenters. The van der Waals surface area contributed by atoms with Crippen LogP contribution in [0.5, 0.6) is 0 Å². The molecule has 4 N–H and O–H groups in total. The van der Waals surface area contributed by atoms with Crippen molar-refractivity contribution in [1.29, 1.82) is 0 Å². The first-order valence-electron chi connectivity index (χ1n) is 4.70. The molecule has 2 fully saturated rings. The predicted octanol–water partition coefficient (Wildman–Crippen LogP) is -0.0300. The van der Waals surface area contributed by atoms with Gasteiger partial charge in [-0.15, -0.1) is 0 Å². The molecule has 2 aliphatic rings. The first-order valence-corrected chi connectivity index (χ1v) is 5.58. The molecule has 5 nitrogen and oxygen atoms in total. The number of hydrogen-bond acceptors (Lipinski definition) is 3. The summed E-state index contributed by atoms with van der Waals surface area (Å²) in [6, 6.07) is -0.301. The second kappa shape index (κ2) is 3.68. The Morgan fingerprint density at radius 1 is 1.50 bits per heavy atom. The lowest BCUT2D eigenvalue weighted by Gasteiger charge is -2.39. The summed E-state index contributed by atoms with van der Waals surface area (Å²) in [6.07, 6.45) is 2.81. The van der Waals surface area contributed by atoms with Crippen molar-refractivity contribution >= 4 is 23.9 Å². The van der Waals surface area contributed by atoms with Crippen LogP contribution in [0.1, 0.15) is 19.3 Å². The van der Waals surface area contributed by atoms with Gasteiger partial charge in [0, 0.05) is 5.25 Å². The number of nitrogens with one attached hydrogen (secondary N) is 2. The quantitative estimate of drug-likeness (QED) is 0.537. The fourth-order valence-electron chi connectivity index (χ4n) is 2.11. The van der Waals surface area contributed by atoms with Gasteiger partial charge in [0.2, 0.25) is 5.91 Å². The minimum Gasteiger partial charge on any atom is -0.369 e. The fraction of sp³-hybridized carbons (Fsp3) is 0.750. The summed E-state index contributed by atoms with van der Waals surface area (Å²) in [4.78, 5) is 22.2. The number of amides is 3. The Bertz CT molecular complexity index is 271. The van der Waals surface area contributed by atoms with E-state index < -0.39 is 0 Å². The largest absolute Gasteiger partial charge is 0.369 e. The SMILES string of the molecule is NC(=O)C1CCCC2SNC(=O)NC21. The average molecular weight is 215 g/mol. The maximum atomic E-state index is 11.2. The summed E-state index contributed by atoms with van der Waals surface area (Å²) >= 11 is 1.41. The lowest BCUT2D eigenvalue weighted by Crippen LogP contribution is -2.58. The molecule has 3 amide bonds. The van der Waals surface area contributed by atoms with Gasteiger partial charge < -0.3 is 11.1 Å². The van der Waals surface area contributed by atoms with Gasteiger partial charge in [0.15, 0.2) is 0 Å². The lowest BCUT2D eigenvalue weighted by atomic mass is 9.83. The molecule has 78 valence electrons. The summed E-state index contributed by atoms with van der Waals surface area (Å²) in [6.45, 7) is 0. The number of urea groups is 1. The van der Waals surface area contributed by atoms with Gasteiger partial charge >= 0.3 is 6.03 Å². The number of hydrogen-bond donors (Lipinski definition) is 3. The Balaban J connectivity index is 2.12. The Kier molecular flexibility index (Phi) is 2.54. The molecular weight excluding hydrogens is 202 g/mol. The molecule has 1 aliphatic carbocycles. The smallest absolute Gasteiger partial charge is 0.325 e. The molecule has 14 heavy (non-hydrogen) atoms. The molecule has 2 rings (SSSR count). The lowest BCUT2D eigenvalue weighted by molar-refractivity contribution is -0.123. The molecule has 0 radical (unpaired) electrons. The topological polar surface area (TPSA) is 84.2 Å². The number of carbonyl (C=O) groups is 2. The molecule has 1 aliphatic heterocycles. The Labute approximate surface area is 86.3 Å². The molecule has 3 unspecified atom stereocenters. The molecule has 0 aromatic rings. The zero-order chi connectivity index (χ0) is 10.1. The van der Waals surface area contributed by atoms with Gasteiger partial charge in [-0.2, -0.15) is 0 Å². The van der Waals surface area contributed by atoms with E-state index in [1.807, 2.05) is 0 Å². The van der Waals surface area contributed by atoms with Crippen molar-refractivity contribution in [2.75, 3.05) is 0 Å². The zero-order valence-corrected chi connectivity index (χ0v) is 8.47. The van der Waals surface area contributed by atoms with Crippen molar-refractivity contribution in [3.8, 4) is 0 Å². The van der Waals surface area contributed by atoms with E-state index in [9.17, 15) is 9.59 Å². The number of primary amides is 1. The summed E-state index contributed by atoms with van der Waals surface area (Å²) in [7, 11) is 0. The van der Waals surface area contributed by atoms with Crippen LogP contribution < -0.4 is 15.8 Å². The van der Waals surface area contributed by atoms with E-state index in [0.29, 0.717) is 0 Å². The molecule has 0 spiro atoms. The standard InChI is InChI=1S/C8H13N3O2S/c9-7(12)4-2-1-3-5-6(4)10-8(13)11-14-5/h4-6H,1-3H2,(H2,9,12)(H2,10,11,13). The Morgan fingerprint density at radius 3 is 3.00 bits per heavy atom. The second-order valence-corrected chi connectivity index (χ2v) is 4.74. The van der Waals surface area contributed by atoms with Gasteiger partial charge in [-0.25, -0.2) is 4.79 Å². The Hall–Kier alpha value is -0.910. The number of fused-ring (bicyclic) bond motifs is 1. The van der Waals surface area contributed by atoms with Gasteiger partial charge in [-0.05, 0) is 24.8 Å². The van der Waals surface area contributed by atoms with Crippen LogP contribution in [0.2, 0.25) is 0 Å². The summed E-state index contributed by atoms with van der Waals surface area (Å²) in [5.41, 5.74) is 5.30. The maximum Gasteiger partial charge on any atom is 0.325 e. The van der Waals surface area contributed by atoms with Gasteiger partial charge in [0.1, 0.15) is 0 Å². The van der Waals surface area contributed by atoms with E-state index in [0.717, 1.165) is 19.3 Å². The van der Waals surface area contributed by atoms with Gasteiger partial charge in [-0.1, -0.05) is 6.42 Å². The van der Waals surface area contributed by atoms with Crippen molar-refractivity contribution in [2.24, 2.45) is 11.7 Å². The zero-order valence-electron chi connectivity index (χ0n) is 7.66. The molecule has 0 aromatic heterocycles. The second-order valence-electron chi connectivity index (χ2n) is 3.70. The highest BCUT2D eigenvalue weighted by atomic mass is 32.2. The van der Waals surface area contributed by atoms with Crippen molar-refractivity contribution < 1.29 is 9.59 Å². The van der Waals surface area contributed by atoms with Crippen molar-refractivity contribution in [1.82, 2.24) is 10.0 Å². The highest BCUT2D eigenvalue weighted by molar-refractivity contribution is 7.98. The van der Waals surface area contributed by atoms with Crippen LogP contribution in [0.3, 0.4) is 0 Å². The van der Waals surface area contributed by atoms with Crippen LogP contribution >= 0.6 is 11.9 Å². The molecular formula is C8H13N3O2S. The van der Waals surface area contributed by atoms with Crippen LogP contribution in [-0.4, -0.2) is 23.2 Å². The van der Waals surface area contributed by atoms with E-state index in [2.05, 4.69) is 10.0 Å². The molecule has 1 heterocycles. The third kappa shape index (κ3) is 1.66. The molecule has 6 heteroatoms. The van der Waals surface area contributed by atoms with Crippen LogP contribution in [0.15, 0.2) is 0 Å². The highest BCUT2D eigenvalue weighted by Gasteiger charge is 2.40. The normalized spacial score (nSPS) is 36.6. The summed E-state index contributed by atoms with van der Waals surface area (Å²) < 4.78 is 2.66. The van der Waals surface area contributed by atoms with Gasteiger partial charge in [0.05, 0.1) is 12.0 Å². The van der Waals surface area contributed by atoms with E-state index in [1.165, 1.54) is 11.9 Å². The molecule has 1 saturated carbocycles. The minimum absolute atomic E-state index is 0.0833. The fourth-order valence-corrected chi connectivity index (χ4v) is 3.12. The molecule has 0 bridgehead atoms. The van der Waals surface area contributed by atoms with E-state index in [1.54, 1.807) is 0 Å².